The van der Waals surface area contributed by atoms with E-state index in [0.29, 0.717) is 19.0 Å². The van der Waals surface area contributed by atoms with Crippen molar-refractivity contribution in [2.45, 2.75) is 26.9 Å². The van der Waals surface area contributed by atoms with Gasteiger partial charge in [0.15, 0.2) is 5.82 Å². The van der Waals surface area contributed by atoms with Gasteiger partial charge >= 0.3 is 0 Å². The zero-order valence-electron chi connectivity index (χ0n) is 14.2. The first kappa shape index (κ1) is 16.7. The van der Waals surface area contributed by atoms with E-state index in [1.54, 1.807) is 23.7 Å². The van der Waals surface area contributed by atoms with E-state index in [4.69, 9.17) is 4.74 Å². The number of aryl methyl sites for hydroxylation is 1. The summed E-state index contributed by atoms with van der Waals surface area (Å²) in [5, 5.41) is 0. The van der Waals surface area contributed by atoms with Gasteiger partial charge in [0, 0.05) is 43.4 Å². The zero-order chi connectivity index (χ0) is 17.1. The fourth-order valence-corrected chi connectivity index (χ4v) is 3.50. The van der Waals surface area contributed by atoms with Crippen molar-refractivity contribution < 1.29 is 9.53 Å². The van der Waals surface area contributed by atoms with Crippen molar-refractivity contribution in [2.75, 3.05) is 31.1 Å². The highest BCUT2D eigenvalue weighted by molar-refractivity contribution is 7.13. The number of thiophene rings is 1. The van der Waals surface area contributed by atoms with Crippen LogP contribution in [0.4, 0.5) is 5.82 Å². The first-order valence-electron chi connectivity index (χ1n) is 8.13. The quantitative estimate of drug-likeness (QED) is 0.852. The minimum Gasteiger partial charge on any atom is -0.472 e. The van der Waals surface area contributed by atoms with E-state index in [9.17, 15) is 4.79 Å². The van der Waals surface area contributed by atoms with E-state index >= 15 is 0 Å². The molecule has 0 N–H and O–H groups in total. The Morgan fingerprint density at radius 3 is 2.50 bits per heavy atom. The molecular formula is C17H22N4O2S. The molecule has 0 atom stereocenters. The second-order valence-corrected chi connectivity index (χ2v) is 7.33. The Balaban J connectivity index is 1.66. The molecule has 1 aliphatic rings. The lowest BCUT2D eigenvalue weighted by Crippen LogP contribution is -2.49. The highest BCUT2D eigenvalue weighted by Crippen LogP contribution is 2.25. The van der Waals surface area contributed by atoms with Crippen molar-refractivity contribution in [1.29, 1.82) is 0 Å². The van der Waals surface area contributed by atoms with Crippen LogP contribution in [0.5, 0.6) is 5.88 Å². The van der Waals surface area contributed by atoms with Gasteiger partial charge in [-0.2, -0.15) is 0 Å². The molecule has 128 valence electrons. The number of aromatic nitrogens is 2. The van der Waals surface area contributed by atoms with Crippen LogP contribution in [-0.2, 0) is 0 Å². The van der Waals surface area contributed by atoms with Crippen LogP contribution in [0.3, 0.4) is 0 Å². The minimum absolute atomic E-state index is 0.0467. The smallest absolute Gasteiger partial charge is 0.264 e. The van der Waals surface area contributed by atoms with E-state index in [1.807, 2.05) is 37.8 Å². The highest BCUT2D eigenvalue weighted by atomic mass is 32.1. The Hall–Kier alpha value is -2.15. The average molecular weight is 346 g/mol. The van der Waals surface area contributed by atoms with Crippen molar-refractivity contribution in [2.24, 2.45) is 0 Å². The van der Waals surface area contributed by atoms with Crippen LogP contribution in [0.15, 0.2) is 24.5 Å². The van der Waals surface area contributed by atoms with E-state index in [0.717, 1.165) is 28.7 Å². The van der Waals surface area contributed by atoms with E-state index in [2.05, 4.69) is 14.9 Å². The third-order valence-corrected chi connectivity index (χ3v) is 4.80. The molecule has 0 unspecified atom stereocenters. The number of amides is 1. The Morgan fingerprint density at radius 1 is 1.17 bits per heavy atom. The summed E-state index contributed by atoms with van der Waals surface area (Å²) in [6.45, 7) is 8.76. The summed E-state index contributed by atoms with van der Waals surface area (Å²) < 4.78 is 5.75. The maximum atomic E-state index is 12.5. The molecule has 0 spiro atoms. The lowest BCUT2D eigenvalue weighted by molar-refractivity contribution is 0.0751. The number of rotatable bonds is 4. The summed E-state index contributed by atoms with van der Waals surface area (Å²) in [6, 6.07) is 3.90. The van der Waals surface area contributed by atoms with Gasteiger partial charge in [0.2, 0.25) is 0 Å². The minimum atomic E-state index is 0.0467. The summed E-state index contributed by atoms with van der Waals surface area (Å²) >= 11 is 1.55. The van der Waals surface area contributed by atoms with Crippen LogP contribution < -0.4 is 9.64 Å². The molecule has 0 radical (unpaired) electrons. The average Bonchev–Trinajstić information content (AvgIpc) is 3.01. The normalized spacial score (nSPS) is 15.0. The van der Waals surface area contributed by atoms with Crippen molar-refractivity contribution in [3.63, 3.8) is 0 Å². The van der Waals surface area contributed by atoms with Gasteiger partial charge in [-0.15, -0.1) is 11.3 Å². The monoisotopic (exact) mass is 346 g/mol. The van der Waals surface area contributed by atoms with E-state index < -0.39 is 0 Å². The number of piperazine rings is 1. The summed E-state index contributed by atoms with van der Waals surface area (Å²) in [4.78, 5) is 27.3. The first-order chi connectivity index (χ1) is 11.5. The van der Waals surface area contributed by atoms with Gasteiger partial charge in [0.05, 0.1) is 11.0 Å². The molecular weight excluding hydrogens is 324 g/mol. The molecule has 3 rings (SSSR count). The number of hydrogen-bond donors (Lipinski definition) is 0. The molecule has 0 aliphatic carbocycles. The Bertz CT molecular complexity index is 708. The van der Waals surface area contributed by atoms with Crippen molar-refractivity contribution >= 4 is 23.1 Å². The maximum Gasteiger partial charge on any atom is 0.264 e. The molecule has 1 fully saturated rings. The van der Waals surface area contributed by atoms with Crippen molar-refractivity contribution in [3.05, 3.63) is 34.3 Å². The summed E-state index contributed by atoms with van der Waals surface area (Å²) in [5.74, 6) is 1.43. The molecule has 2 aromatic rings. The first-order valence-corrected chi connectivity index (χ1v) is 8.94. The Kier molecular flexibility index (Phi) is 4.99. The van der Waals surface area contributed by atoms with Gasteiger partial charge in [0.25, 0.3) is 11.8 Å². The number of carbonyl (C=O) groups is 1. The molecule has 7 heteroatoms. The maximum absolute atomic E-state index is 12.5. The van der Waals surface area contributed by atoms with Gasteiger partial charge in [0.1, 0.15) is 0 Å². The second-order valence-electron chi connectivity index (χ2n) is 6.04. The number of carbonyl (C=O) groups excluding carboxylic acids is 1. The summed E-state index contributed by atoms with van der Waals surface area (Å²) in [7, 11) is 0. The number of hydrogen-bond acceptors (Lipinski definition) is 6. The number of anilines is 1. The predicted octanol–water partition coefficient (Wildman–Crippen LogP) is 2.60. The van der Waals surface area contributed by atoms with Gasteiger partial charge in [-0.25, -0.2) is 9.97 Å². The molecule has 0 aromatic carbocycles. The standard InChI is InChI=1S/C17H22N4O2S/c1-12(2)23-16-15(18-6-7-19-16)20-8-10-21(11-9-20)17(22)14-5-4-13(3)24-14/h4-7,12H,8-11H2,1-3H3. The Labute approximate surface area is 146 Å². The van der Waals surface area contributed by atoms with Crippen LogP contribution in [0.1, 0.15) is 28.4 Å². The lowest BCUT2D eigenvalue weighted by Gasteiger charge is -2.35. The third kappa shape index (κ3) is 3.67. The van der Waals surface area contributed by atoms with E-state index in [1.165, 1.54) is 0 Å². The topological polar surface area (TPSA) is 58.6 Å². The fourth-order valence-electron chi connectivity index (χ4n) is 2.67. The molecule has 24 heavy (non-hydrogen) atoms. The van der Waals surface area contributed by atoms with Crippen LogP contribution in [0.25, 0.3) is 0 Å². The molecule has 3 heterocycles. The molecule has 6 nitrogen and oxygen atoms in total. The molecule has 0 bridgehead atoms. The van der Waals surface area contributed by atoms with Gasteiger partial charge in [-0.3, -0.25) is 4.79 Å². The molecule has 0 saturated carbocycles. The molecule has 1 amide bonds. The fraction of sp³-hybridized carbons (Fsp3) is 0.471. The van der Waals surface area contributed by atoms with E-state index in [-0.39, 0.29) is 12.0 Å². The highest BCUT2D eigenvalue weighted by Gasteiger charge is 2.25. The molecule has 1 saturated heterocycles. The number of nitrogens with zero attached hydrogens (tertiary/aromatic N) is 4. The predicted molar refractivity (Wildman–Crippen MR) is 95.0 cm³/mol. The van der Waals surface area contributed by atoms with Crippen LogP contribution in [0, 0.1) is 6.92 Å². The van der Waals surface area contributed by atoms with Gasteiger partial charge in [-0.05, 0) is 32.9 Å². The lowest BCUT2D eigenvalue weighted by atomic mass is 10.3. The second kappa shape index (κ2) is 7.17. The van der Waals surface area contributed by atoms with Gasteiger partial charge in [-0.1, -0.05) is 0 Å². The van der Waals surface area contributed by atoms with Crippen molar-refractivity contribution in [1.82, 2.24) is 14.9 Å². The summed E-state index contributed by atoms with van der Waals surface area (Å²) in [5.41, 5.74) is 0. The van der Waals surface area contributed by atoms with Crippen LogP contribution >= 0.6 is 11.3 Å². The molecule has 1 aliphatic heterocycles. The summed E-state index contributed by atoms with van der Waals surface area (Å²) in [6.07, 6.45) is 3.36. The van der Waals surface area contributed by atoms with Crippen LogP contribution in [-0.4, -0.2) is 53.1 Å². The van der Waals surface area contributed by atoms with Gasteiger partial charge < -0.3 is 14.5 Å². The SMILES string of the molecule is Cc1ccc(C(=O)N2CCN(c3nccnc3OC(C)C)CC2)s1. The molecule has 2 aromatic heterocycles. The third-order valence-electron chi connectivity index (χ3n) is 3.81. The zero-order valence-corrected chi connectivity index (χ0v) is 15.0. The van der Waals surface area contributed by atoms with Crippen LogP contribution in [0.2, 0.25) is 0 Å². The Morgan fingerprint density at radius 2 is 1.88 bits per heavy atom. The number of ether oxygens (including phenoxy) is 1. The van der Waals surface area contributed by atoms with Crippen molar-refractivity contribution in [3.8, 4) is 5.88 Å². The largest absolute Gasteiger partial charge is 0.472 e.